The van der Waals surface area contributed by atoms with Crippen LogP contribution in [0.15, 0.2) is 71.0 Å². The van der Waals surface area contributed by atoms with Gasteiger partial charge in [-0.15, -0.1) is 11.3 Å². The number of pyridine rings is 1. The Morgan fingerprint density at radius 3 is 2.84 bits per heavy atom. The van der Waals surface area contributed by atoms with E-state index < -0.39 is 0 Å². The molecule has 0 aliphatic carbocycles. The van der Waals surface area contributed by atoms with Crippen molar-refractivity contribution in [3.05, 3.63) is 82.2 Å². The fraction of sp³-hybridized carbons (Fsp3) is 0.125. The summed E-state index contributed by atoms with van der Waals surface area (Å²) >= 11 is 2.85. The lowest BCUT2D eigenvalue weighted by Crippen LogP contribution is -2.20. The topological polar surface area (TPSA) is 56.5 Å². The van der Waals surface area contributed by atoms with Gasteiger partial charge in [-0.3, -0.25) is 4.79 Å². The number of carbonyl (C=O) groups is 1. The molecule has 0 N–H and O–H groups in total. The molecule has 0 aliphatic rings. The molecule has 0 spiro atoms. The Kier molecular flexibility index (Phi) is 5.65. The number of nitrogens with zero attached hydrogens (tertiary/aromatic N) is 3. The summed E-state index contributed by atoms with van der Waals surface area (Å²) < 4.78 is 22.2. The molecular weight excluding hydrogens is 445 g/mol. The molecule has 0 fully saturated rings. The van der Waals surface area contributed by atoms with Gasteiger partial charge in [-0.1, -0.05) is 41.7 Å². The molecule has 2 aromatic carbocycles. The van der Waals surface area contributed by atoms with E-state index in [-0.39, 0.29) is 11.7 Å². The van der Waals surface area contributed by atoms with Crippen LogP contribution in [-0.4, -0.2) is 29.2 Å². The van der Waals surface area contributed by atoms with Crippen molar-refractivity contribution in [2.45, 2.75) is 6.54 Å². The second-order valence-corrected chi connectivity index (χ2v) is 9.04. The summed E-state index contributed by atoms with van der Waals surface area (Å²) in [6.07, 6.45) is 0. The highest BCUT2D eigenvalue weighted by atomic mass is 32.1. The van der Waals surface area contributed by atoms with E-state index in [0.717, 1.165) is 26.2 Å². The van der Waals surface area contributed by atoms with E-state index in [1.54, 1.807) is 35.1 Å². The number of amides is 1. The van der Waals surface area contributed by atoms with Crippen molar-refractivity contribution < 1.29 is 13.9 Å². The van der Waals surface area contributed by atoms with Crippen LogP contribution in [0.4, 0.5) is 4.39 Å². The quantitative estimate of drug-likeness (QED) is 0.346. The first kappa shape index (κ1) is 20.7. The third-order valence-corrected chi connectivity index (χ3v) is 7.02. The van der Waals surface area contributed by atoms with Gasteiger partial charge in [0.1, 0.15) is 5.82 Å². The van der Waals surface area contributed by atoms with Gasteiger partial charge in [0.05, 0.1) is 38.5 Å². The standard InChI is InChI=1S/C24H18FN3O2S2/c1-30-12-11-28-22-17(25)7-4-9-21(22)32-24(28)27-23(29)16-14-19(20-10-5-13-31-20)26-18-8-3-2-6-15(16)18/h2-10,13-14H,11-12H2,1H3. The lowest BCUT2D eigenvalue weighted by atomic mass is 10.1. The highest BCUT2D eigenvalue weighted by molar-refractivity contribution is 7.16. The number of thiophene rings is 1. The molecule has 0 saturated heterocycles. The number of rotatable bonds is 5. The molecule has 0 saturated carbocycles. The molecule has 160 valence electrons. The molecule has 3 aromatic heterocycles. The summed E-state index contributed by atoms with van der Waals surface area (Å²) in [7, 11) is 1.59. The van der Waals surface area contributed by atoms with Crippen LogP contribution in [0, 0.1) is 5.82 Å². The van der Waals surface area contributed by atoms with Gasteiger partial charge in [0, 0.05) is 19.0 Å². The van der Waals surface area contributed by atoms with Crippen LogP contribution in [0.1, 0.15) is 10.4 Å². The number of aromatic nitrogens is 2. The monoisotopic (exact) mass is 463 g/mol. The maximum absolute atomic E-state index is 14.6. The molecule has 0 bridgehead atoms. The number of methoxy groups -OCH3 is 1. The number of para-hydroxylation sites is 2. The number of carbonyl (C=O) groups excluding carboxylic acids is 1. The van der Waals surface area contributed by atoms with Crippen LogP contribution >= 0.6 is 22.7 Å². The molecule has 0 atom stereocenters. The first-order valence-corrected chi connectivity index (χ1v) is 11.6. The molecular formula is C24H18FN3O2S2. The van der Waals surface area contributed by atoms with Crippen molar-refractivity contribution in [3.8, 4) is 10.6 Å². The summed E-state index contributed by atoms with van der Waals surface area (Å²) in [6, 6.07) is 18.1. The van der Waals surface area contributed by atoms with Crippen LogP contribution in [-0.2, 0) is 11.3 Å². The van der Waals surface area contributed by atoms with Crippen molar-refractivity contribution in [2.75, 3.05) is 13.7 Å². The van der Waals surface area contributed by atoms with Crippen LogP contribution in [0.25, 0.3) is 31.7 Å². The Balaban J connectivity index is 1.70. The molecule has 0 radical (unpaired) electrons. The minimum atomic E-state index is -0.389. The van der Waals surface area contributed by atoms with Gasteiger partial charge in [0.15, 0.2) is 4.80 Å². The van der Waals surface area contributed by atoms with Gasteiger partial charge in [0.2, 0.25) is 0 Å². The van der Waals surface area contributed by atoms with E-state index >= 15 is 0 Å². The van der Waals surface area contributed by atoms with Crippen molar-refractivity contribution in [2.24, 2.45) is 4.99 Å². The number of hydrogen-bond donors (Lipinski definition) is 0. The lowest BCUT2D eigenvalue weighted by Gasteiger charge is -2.07. The highest BCUT2D eigenvalue weighted by Gasteiger charge is 2.16. The predicted molar refractivity (Wildman–Crippen MR) is 127 cm³/mol. The SMILES string of the molecule is COCCn1c(=NC(=O)c2cc(-c3cccs3)nc3ccccc23)sc2cccc(F)c21. The van der Waals surface area contributed by atoms with Crippen molar-refractivity contribution in [3.63, 3.8) is 0 Å². The van der Waals surface area contributed by atoms with Crippen molar-refractivity contribution >= 4 is 49.7 Å². The maximum atomic E-state index is 14.6. The van der Waals surface area contributed by atoms with Crippen LogP contribution < -0.4 is 4.80 Å². The van der Waals surface area contributed by atoms with Crippen LogP contribution in [0.5, 0.6) is 0 Å². The summed E-state index contributed by atoms with van der Waals surface area (Å²) in [5.74, 6) is -0.738. The third kappa shape index (κ3) is 3.77. The maximum Gasteiger partial charge on any atom is 0.280 e. The second kappa shape index (κ2) is 8.74. The van der Waals surface area contributed by atoms with Gasteiger partial charge in [0.25, 0.3) is 5.91 Å². The van der Waals surface area contributed by atoms with E-state index in [9.17, 15) is 9.18 Å². The number of fused-ring (bicyclic) bond motifs is 2. The molecule has 1 amide bonds. The zero-order valence-corrected chi connectivity index (χ0v) is 18.8. The number of ether oxygens (including phenoxy) is 1. The zero-order valence-electron chi connectivity index (χ0n) is 17.1. The first-order chi connectivity index (χ1) is 15.7. The fourth-order valence-electron chi connectivity index (χ4n) is 3.61. The van der Waals surface area contributed by atoms with E-state index in [0.29, 0.717) is 29.0 Å². The van der Waals surface area contributed by atoms with Crippen molar-refractivity contribution in [1.29, 1.82) is 0 Å². The molecule has 0 aliphatic heterocycles. The molecule has 3 heterocycles. The average Bonchev–Trinajstić information content (AvgIpc) is 3.46. The molecule has 5 aromatic rings. The van der Waals surface area contributed by atoms with Crippen LogP contribution in [0.2, 0.25) is 0 Å². The summed E-state index contributed by atoms with van der Waals surface area (Å²) in [5, 5.41) is 2.71. The lowest BCUT2D eigenvalue weighted by molar-refractivity contribution is 0.0999. The zero-order chi connectivity index (χ0) is 22.1. The second-order valence-electron chi connectivity index (χ2n) is 7.08. The number of thiazole rings is 1. The van der Waals surface area contributed by atoms with Gasteiger partial charge < -0.3 is 9.30 Å². The van der Waals surface area contributed by atoms with Gasteiger partial charge in [-0.05, 0) is 35.7 Å². The number of benzene rings is 2. The van der Waals surface area contributed by atoms with Crippen LogP contribution in [0.3, 0.4) is 0 Å². The largest absolute Gasteiger partial charge is 0.383 e. The Hall–Kier alpha value is -3.20. The van der Waals surface area contributed by atoms with Gasteiger partial charge >= 0.3 is 0 Å². The minimum Gasteiger partial charge on any atom is -0.383 e. The summed E-state index contributed by atoms with van der Waals surface area (Å²) in [5.41, 5.74) is 2.36. The average molecular weight is 464 g/mol. The fourth-order valence-corrected chi connectivity index (χ4v) is 5.37. The third-order valence-electron chi connectivity index (χ3n) is 5.09. The Morgan fingerprint density at radius 2 is 2.03 bits per heavy atom. The van der Waals surface area contributed by atoms with Gasteiger partial charge in [-0.25, -0.2) is 9.37 Å². The predicted octanol–water partition coefficient (Wildman–Crippen LogP) is 5.51. The molecule has 0 unspecified atom stereocenters. The van der Waals surface area contributed by atoms with E-state index in [2.05, 4.69) is 4.99 Å². The van der Waals surface area contributed by atoms with Crippen molar-refractivity contribution in [1.82, 2.24) is 9.55 Å². The number of hydrogen-bond acceptors (Lipinski definition) is 5. The molecule has 8 heteroatoms. The van der Waals surface area contributed by atoms with E-state index in [1.807, 2.05) is 47.8 Å². The highest BCUT2D eigenvalue weighted by Crippen LogP contribution is 2.28. The van der Waals surface area contributed by atoms with Gasteiger partial charge in [-0.2, -0.15) is 4.99 Å². The Bertz CT molecular complexity index is 1500. The molecule has 32 heavy (non-hydrogen) atoms. The minimum absolute atomic E-state index is 0.349. The summed E-state index contributed by atoms with van der Waals surface area (Å²) in [4.78, 5) is 24.0. The first-order valence-electron chi connectivity index (χ1n) is 9.95. The Morgan fingerprint density at radius 1 is 1.16 bits per heavy atom. The number of halogens is 1. The molecule has 5 rings (SSSR count). The smallest absolute Gasteiger partial charge is 0.280 e. The summed E-state index contributed by atoms with van der Waals surface area (Å²) in [6.45, 7) is 0.767. The normalized spacial score (nSPS) is 12.1. The Labute approximate surface area is 191 Å². The van der Waals surface area contributed by atoms with E-state index in [4.69, 9.17) is 9.72 Å². The molecule has 5 nitrogen and oxygen atoms in total. The van der Waals surface area contributed by atoms with E-state index in [1.165, 1.54) is 17.4 Å².